The molecule has 6 nitrogen and oxygen atoms in total. The van der Waals surface area contributed by atoms with Gasteiger partial charge in [-0.25, -0.2) is 4.98 Å². The van der Waals surface area contributed by atoms with Crippen molar-refractivity contribution >= 4 is 11.6 Å². The monoisotopic (exact) mass is 452 g/mol. The number of rotatable bonds is 7. The number of hydrogen-bond donors (Lipinski definition) is 1. The number of carbonyl (C=O) groups excluding carboxylic acids is 1. The van der Waals surface area contributed by atoms with E-state index in [1.807, 2.05) is 62.5 Å². The van der Waals surface area contributed by atoms with E-state index in [1.54, 1.807) is 25.7 Å². The number of aromatic nitrogens is 3. The van der Waals surface area contributed by atoms with Gasteiger partial charge in [0, 0.05) is 29.8 Å². The van der Waals surface area contributed by atoms with Crippen LogP contribution in [0.3, 0.4) is 0 Å². The number of anilines is 1. The molecule has 1 atom stereocenters. The molecule has 172 valence electrons. The second-order valence-electron chi connectivity index (χ2n) is 8.52. The Morgan fingerprint density at radius 2 is 1.82 bits per heavy atom. The first kappa shape index (κ1) is 23.1. The van der Waals surface area contributed by atoms with E-state index in [4.69, 9.17) is 9.72 Å². The van der Waals surface area contributed by atoms with Gasteiger partial charge in [-0.2, -0.15) is 0 Å². The van der Waals surface area contributed by atoms with Crippen LogP contribution in [0.4, 0.5) is 5.69 Å². The number of pyridine rings is 1. The molecule has 0 aliphatic rings. The van der Waals surface area contributed by atoms with Gasteiger partial charge in [-0.3, -0.25) is 14.8 Å². The standard InChI is InChI=1S/C28H28N4O2/c1-18-10-23(15-29-14-18)28(33)32-24-7-5-6-21(12-24)20(3)11-25-16-30-17-26(31-25)22-9-8-19(2)27(13-22)34-4/h5-10,12-17,20H,11H2,1-4H3,(H,32,33)/t20-/m1/s1. The van der Waals surface area contributed by atoms with Crippen molar-refractivity contribution in [1.29, 1.82) is 0 Å². The topological polar surface area (TPSA) is 77.0 Å². The molecule has 0 radical (unpaired) electrons. The number of carbonyl (C=O) groups is 1. The third-order valence-electron chi connectivity index (χ3n) is 5.75. The predicted octanol–water partition coefficient (Wildman–Crippen LogP) is 5.76. The fourth-order valence-electron chi connectivity index (χ4n) is 3.86. The van der Waals surface area contributed by atoms with E-state index in [9.17, 15) is 4.79 Å². The molecule has 2 aromatic carbocycles. The van der Waals surface area contributed by atoms with Crippen LogP contribution in [0.25, 0.3) is 11.3 Å². The highest BCUT2D eigenvalue weighted by atomic mass is 16.5. The summed E-state index contributed by atoms with van der Waals surface area (Å²) in [6.07, 6.45) is 7.61. The zero-order valence-corrected chi connectivity index (χ0v) is 19.9. The number of amides is 1. The second kappa shape index (κ2) is 10.3. The zero-order valence-electron chi connectivity index (χ0n) is 19.9. The Bertz CT molecular complexity index is 1320. The molecule has 0 aliphatic carbocycles. The predicted molar refractivity (Wildman–Crippen MR) is 134 cm³/mol. The highest BCUT2D eigenvalue weighted by molar-refractivity contribution is 6.04. The molecule has 2 heterocycles. The van der Waals surface area contributed by atoms with Crippen molar-refractivity contribution in [3.63, 3.8) is 0 Å². The second-order valence-corrected chi connectivity index (χ2v) is 8.52. The third kappa shape index (κ3) is 5.46. The molecule has 0 aliphatic heterocycles. The quantitative estimate of drug-likeness (QED) is 0.386. The third-order valence-corrected chi connectivity index (χ3v) is 5.75. The molecule has 6 heteroatoms. The maximum atomic E-state index is 12.6. The molecule has 0 spiro atoms. The molecule has 2 aromatic heterocycles. The molecule has 1 amide bonds. The molecule has 0 saturated carbocycles. The minimum atomic E-state index is -0.173. The molecular formula is C28H28N4O2. The normalized spacial score (nSPS) is 11.6. The van der Waals surface area contributed by atoms with Crippen molar-refractivity contribution in [2.24, 2.45) is 0 Å². The summed E-state index contributed by atoms with van der Waals surface area (Å²) in [4.78, 5) is 26.0. The van der Waals surface area contributed by atoms with Crippen molar-refractivity contribution in [1.82, 2.24) is 15.0 Å². The van der Waals surface area contributed by atoms with E-state index < -0.39 is 0 Å². The number of hydrogen-bond acceptors (Lipinski definition) is 5. The fourth-order valence-corrected chi connectivity index (χ4v) is 3.86. The minimum absolute atomic E-state index is 0.173. The first-order valence-corrected chi connectivity index (χ1v) is 11.2. The maximum Gasteiger partial charge on any atom is 0.257 e. The summed E-state index contributed by atoms with van der Waals surface area (Å²) in [5.74, 6) is 0.848. The highest BCUT2D eigenvalue weighted by Gasteiger charge is 2.12. The summed E-state index contributed by atoms with van der Waals surface area (Å²) in [6.45, 7) is 6.08. The number of nitrogens with one attached hydrogen (secondary N) is 1. The Labute approximate surface area is 200 Å². The van der Waals surface area contributed by atoms with Crippen molar-refractivity contribution in [2.45, 2.75) is 33.1 Å². The lowest BCUT2D eigenvalue weighted by Crippen LogP contribution is -2.12. The molecule has 0 unspecified atom stereocenters. The summed E-state index contributed by atoms with van der Waals surface area (Å²) in [5, 5.41) is 2.97. The van der Waals surface area contributed by atoms with Gasteiger partial charge in [-0.05, 0) is 67.1 Å². The van der Waals surface area contributed by atoms with Crippen LogP contribution in [0, 0.1) is 13.8 Å². The van der Waals surface area contributed by atoms with Gasteiger partial charge in [0.2, 0.25) is 0 Å². The van der Waals surface area contributed by atoms with Gasteiger partial charge < -0.3 is 10.1 Å². The lowest BCUT2D eigenvalue weighted by atomic mass is 9.95. The summed E-state index contributed by atoms with van der Waals surface area (Å²) < 4.78 is 5.45. The van der Waals surface area contributed by atoms with Crippen LogP contribution >= 0.6 is 0 Å². The molecule has 34 heavy (non-hydrogen) atoms. The zero-order chi connectivity index (χ0) is 24.1. The Morgan fingerprint density at radius 3 is 2.62 bits per heavy atom. The average Bonchev–Trinajstić information content (AvgIpc) is 2.84. The summed E-state index contributed by atoms with van der Waals surface area (Å²) in [5.41, 5.74) is 7.13. The molecule has 0 saturated heterocycles. The van der Waals surface area contributed by atoms with Gasteiger partial charge in [0.15, 0.2) is 0 Å². The van der Waals surface area contributed by atoms with Gasteiger partial charge in [0.25, 0.3) is 5.91 Å². The maximum absolute atomic E-state index is 12.6. The Hall–Kier alpha value is -4.06. The van der Waals surface area contributed by atoms with Crippen LogP contribution in [0.2, 0.25) is 0 Å². The summed E-state index contributed by atoms with van der Waals surface area (Å²) in [6, 6.07) is 15.8. The van der Waals surface area contributed by atoms with Gasteiger partial charge in [-0.1, -0.05) is 31.2 Å². The SMILES string of the molecule is COc1cc(-c2cncc(C[C@@H](C)c3cccc(NC(=O)c4cncc(C)c4)c3)n2)ccc1C. The number of nitrogens with zero attached hydrogens (tertiary/aromatic N) is 3. The van der Waals surface area contributed by atoms with Crippen LogP contribution in [-0.4, -0.2) is 28.0 Å². The molecule has 4 aromatic rings. The number of benzene rings is 2. The number of methoxy groups -OCH3 is 1. The smallest absolute Gasteiger partial charge is 0.257 e. The van der Waals surface area contributed by atoms with Crippen molar-refractivity contribution in [3.05, 3.63) is 101 Å². The van der Waals surface area contributed by atoms with Crippen LogP contribution in [0.15, 0.2) is 73.3 Å². The number of ether oxygens (including phenoxy) is 1. The lowest BCUT2D eigenvalue weighted by Gasteiger charge is -2.14. The van der Waals surface area contributed by atoms with Crippen LogP contribution in [-0.2, 0) is 6.42 Å². The van der Waals surface area contributed by atoms with Gasteiger partial charge in [-0.15, -0.1) is 0 Å². The van der Waals surface area contributed by atoms with E-state index in [1.165, 1.54) is 0 Å². The Morgan fingerprint density at radius 1 is 1.00 bits per heavy atom. The molecular weight excluding hydrogens is 424 g/mol. The molecule has 0 fully saturated rings. The molecule has 0 bridgehead atoms. The fraction of sp³-hybridized carbons (Fsp3) is 0.214. The minimum Gasteiger partial charge on any atom is -0.496 e. The lowest BCUT2D eigenvalue weighted by molar-refractivity contribution is 0.102. The van der Waals surface area contributed by atoms with E-state index in [0.29, 0.717) is 5.56 Å². The van der Waals surface area contributed by atoms with Crippen molar-refractivity contribution < 1.29 is 9.53 Å². The molecule has 4 rings (SSSR count). The average molecular weight is 453 g/mol. The Kier molecular flexibility index (Phi) is 6.97. The first-order chi connectivity index (χ1) is 16.4. The van der Waals surface area contributed by atoms with E-state index in [2.05, 4.69) is 28.3 Å². The van der Waals surface area contributed by atoms with Gasteiger partial charge in [0.1, 0.15) is 5.75 Å². The van der Waals surface area contributed by atoms with E-state index in [-0.39, 0.29) is 11.8 Å². The van der Waals surface area contributed by atoms with E-state index >= 15 is 0 Å². The number of aryl methyl sites for hydroxylation is 2. The van der Waals surface area contributed by atoms with Crippen molar-refractivity contribution in [2.75, 3.05) is 12.4 Å². The van der Waals surface area contributed by atoms with Gasteiger partial charge >= 0.3 is 0 Å². The van der Waals surface area contributed by atoms with E-state index in [0.717, 1.165) is 51.5 Å². The molecule has 1 N–H and O–H groups in total. The van der Waals surface area contributed by atoms with Crippen LogP contribution in [0.5, 0.6) is 5.75 Å². The van der Waals surface area contributed by atoms with Crippen LogP contribution in [0.1, 0.15) is 45.6 Å². The summed E-state index contributed by atoms with van der Waals surface area (Å²) >= 11 is 0. The van der Waals surface area contributed by atoms with Gasteiger partial charge in [0.05, 0.1) is 30.3 Å². The van der Waals surface area contributed by atoms with Crippen LogP contribution < -0.4 is 10.1 Å². The highest BCUT2D eigenvalue weighted by Crippen LogP contribution is 2.27. The first-order valence-electron chi connectivity index (χ1n) is 11.2. The Balaban J connectivity index is 1.48. The van der Waals surface area contributed by atoms with Crippen molar-refractivity contribution in [3.8, 4) is 17.0 Å². The summed E-state index contributed by atoms with van der Waals surface area (Å²) in [7, 11) is 1.67. The largest absolute Gasteiger partial charge is 0.496 e.